The lowest BCUT2D eigenvalue weighted by molar-refractivity contribution is 0.884. The molecule has 0 unspecified atom stereocenters. The van der Waals surface area contributed by atoms with Gasteiger partial charge >= 0.3 is 0 Å². The van der Waals surface area contributed by atoms with E-state index in [1.165, 1.54) is 15.9 Å². The number of benzene rings is 3. The third-order valence-corrected chi connectivity index (χ3v) is 6.84. The Morgan fingerprint density at radius 2 is 1.71 bits per heavy atom. The predicted molar refractivity (Wildman–Crippen MR) is 140 cm³/mol. The summed E-state index contributed by atoms with van der Waals surface area (Å²) in [5.74, 6) is 0.544. The number of hydrogen-bond acceptors (Lipinski definition) is 5. The summed E-state index contributed by atoms with van der Waals surface area (Å²) in [5.41, 5.74) is 5.20. The van der Waals surface area contributed by atoms with E-state index >= 15 is 0 Å². The van der Waals surface area contributed by atoms with Gasteiger partial charge in [0.1, 0.15) is 5.69 Å². The Labute approximate surface area is 209 Å². The Kier molecular flexibility index (Phi) is 5.28. The van der Waals surface area contributed by atoms with Crippen LogP contribution >= 0.6 is 22.9 Å². The fourth-order valence-electron chi connectivity index (χ4n) is 3.92. The molecule has 0 fully saturated rings. The number of halogens is 1. The van der Waals surface area contributed by atoms with E-state index < -0.39 is 0 Å². The topological polar surface area (TPSA) is 65.1 Å². The Balaban J connectivity index is 1.49. The number of aromatic nitrogens is 5. The van der Waals surface area contributed by atoms with Gasteiger partial charge in [0.15, 0.2) is 5.82 Å². The van der Waals surface area contributed by atoms with Crippen molar-refractivity contribution in [1.82, 2.24) is 24.4 Å². The van der Waals surface area contributed by atoms with E-state index in [1.807, 2.05) is 103 Å². The number of thiazole rings is 1. The summed E-state index contributed by atoms with van der Waals surface area (Å²) >= 11 is 7.41. The van der Waals surface area contributed by atoms with Gasteiger partial charge in [0.25, 0.3) is 5.56 Å². The van der Waals surface area contributed by atoms with Gasteiger partial charge in [-0.1, -0.05) is 77.0 Å². The van der Waals surface area contributed by atoms with Crippen molar-refractivity contribution in [3.05, 3.63) is 116 Å². The number of aryl methyl sites for hydroxylation is 1. The molecule has 3 aromatic carbocycles. The largest absolute Gasteiger partial charge is 0.291 e. The van der Waals surface area contributed by atoms with Crippen LogP contribution in [0.3, 0.4) is 0 Å². The first-order chi connectivity index (χ1) is 17.0. The standard InChI is InChI=1S/C27H18ClN5OS/c1-17-6-5-7-19(14-17)25-29-27-33(31-25)26(34)23(35-27)15-20-16-32(22-8-3-2-4-9-22)30-24(20)18-10-12-21(28)13-11-18/h2-16H,1H3/b23-15-. The zero-order valence-electron chi connectivity index (χ0n) is 18.6. The van der Waals surface area contributed by atoms with E-state index in [4.69, 9.17) is 16.7 Å². The number of hydrogen-bond donors (Lipinski definition) is 0. The first-order valence-electron chi connectivity index (χ1n) is 10.9. The molecular weight excluding hydrogens is 478 g/mol. The molecular formula is C27H18ClN5OS. The van der Waals surface area contributed by atoms with Crippen molar-refractivity contribution >= 4 is 34.0 Å². The molecule has 0 spiro atoms. The summed E-state index contributed by atoms with van der Waals surface area (Å²) in [6.45, 7) is 2.02. The summed E-state index contributed by atoms with van der Waals surface area (Å²) in [5, 5.41) is 9.95. The van der Waals surface area contributed by atoms with Gasteiger partial charge in [-0.25, -0.2) is 4.68 Å². The first-order valence-corrected chi connectivity index (χ1v) is 12.1. The number of para-hydroxylation sites is 1. The summed E-state index contributed by atoms with van der Waals surface area (Å²) < 4.78 is 3.73. The predicted octanol–water partition coefficient (Wildman–Crippen LogP) is 5.18. The van der Waals surface area contributed by atoms with E-state index in [-0.39, 0.29) is 5.56 Å². The van der Waals surface area contributed by atoms with Crippen molar-refractivity contribution < 1.29 is 0 Å². The van der Waals surface area contributed by atoms with Crippen molar-refractivity contribution in [2.24, 2.45) is 0 Å². The molecule has 6 aromatic rings. The van der Waals surface area contributed by atoms with Crippen LogP contribution in [-0.4, -0.2) is 24.4 Å². The molecule has 35 heavy (non-hydrogen) atoms. The van der Waals surface area contributed by atoms with Crippen molar-refractivity contribution in [3.63, 3.8) is 0 Å². The van der Waals surface area contributed by atoms with E-state index in [2.05, 4.69) is 10.1 Å². The van der Waals surface area contributed by atoms with Gasteiger partial charge < -0.3 is 0 Å². The molecule has 3 heterocycles. The molecule has 8 heteroatoms. The molecule has 0 aliphatic rings. The Morgan fingerprint density at radius 3 is 2.46 bits per heavy atom. The zero-order valence-corrected chi connectivity index (χ0v) is 20.2. The van der Waals surface area contributed by atoms with Gasteiger partial charge in [-0.3, -0.25) is 4.79 Å². The molecule has 0 saturated heterocycles. The molecule has 0 aliphatic heterocycles. The molecule has 0 amide bonds. The quantitative estimate of drug-likeness (QED) is 0.338. The molecule has 0 bridgehead atoms. The minimum atomic E-state index is -0.203. The highest BCUT2D eigenvalue weighted by molar-refractivity contribution is 7.15. The Morgan fingerprint density at radius 1 is 0.914 bits per heavy atom. The van der Waals surface area contributed by atoms with Crippen LogP contribution in [0.1, 0.15) is 11.1 Å². The fraction of sp³-hybridized carbons (Fsp3) is 0.0370. The minimum absolute atomic E-state index is 0.203. The second-order valence-corrected chi connectivity index (χ2v) is 9.58. The van der Waals surface area contributed by atoms with Gasteiger partial charge in [-0.05, 0) is 43.3 Å². The minimum Gasteiger partial charge on any atom is -0.266 e. The highest BCUT2D eigenvalue weighted by Crippen LogP contribution is 2.26. The highest BCUT2D eigenvalue weighted by Gasteiger charge is 2.15. The third-order valence-electron chi connectivity index (χ3n) is 5.63. The van der Waals surface area contributed by atoms with Crippen molar-refractivity contribution in [2.75, 3.05) is 0 Å². The lowest BCUT2D eigenvalue weighted by Crippen LogP contribution is -2.23. The summed E-state index contributed by atoms with van der Waals surface area (Å²) in [6, 6.07) is 25.3. The fourth-order valence-corrected chi connectivity index (χ4v) is 4.94. The molecule has 170 valence electrons. The lowest BCUT2D eigenvalue weighted by Gasteiger charge is -2.00. The smallest absolute Gasteiger partial charge is 0.266 e. The average molecular weight is 496 g/mol. The average Bonchev–Trinajstić information content (AvgIpc) is 3.56. The van der Waals surface area contributed by atoms with E-state index in [0.717, 1.165) is 33.6 Å². The molecule has 6 nitrogen and oxygen atoms in total. The molecule has 6 rings (SSSR count). The number of rotatable bonds is 4. The van der Waals surface area contributed by atoms with Gasteiger partial charge in [-0.2, -0.15) is 14.6 Å². The van der Waals surface area contributed by atoms with Gasteiger partial charge in [-0.15, -0.1) is 5.10 Å². The molecule has 0 aliphatic carbocycles. The molecule has 3 aromatic heterocycles. The Bertz CT molecular complexity index is 1790. The maximum absolute atomic E-state index is 13.2. The van der Waals surface area contributed by atoms with Crippen LogP contribution in [0.2, 0.25) is 5.02 Å². The highest BCUT2D eigenvalue weighted by atomic mass is 35.5. The normalized spacial score (nSPS) is 12.0. The number of fused-ring (bicyclic) bond motifs is 1. The Hall–Kier alpha value is -4.07. The van der Waals surface area contributed by atoms with Crippen LogP contribution in [0.4, 0.5) is 0 Å². The van der Waals surface area contributed by atoms with E-state index in [0.29, 0.717) is 20.3 Å². The first kappa shape index (κ1) is 21.5. The van der Waals surface area contributed by atoms with Crippen molar-refractivity contribution in [2.45, 2.75) is 6.92 Å². The van der Waals surface area contributed by atoms with Crippen molar-refractivity contribution in [1.29, 1.82) is 0 Å². The van der Waals surface area contributed by atoms with Gasteiger partial charge in [0.05, 0.1) is 10.2 Å². The maximum Gasteiger partial charge on any atom is 0.291 e. The molecule has 0 saturated carbocycles. The van der Waals surface area contributed by atoms with Gasteiger partial charge in [0.2, 0.25) is 4.96 Å². The zero-order chi connectivity index (χ0) is 23.9. The lowest BCUT2D eigenvalue weighted by atomic mass is 10.1. The molecule has 0 atom stereocenters. The third kappa shape index (κ3) is 4.05. The molecule has 0 radical (unpaired) electrons. The second-order valence-electron chi connectivity index (χ2n) is 8.14. The van der Waals surface area contributed by atoms with Crippen LogP contribution in [0.25, 0.3) is 39.4 Å². The van der Waals surface area contributed by atoms with Crippen LogP contribution < -0.4 is 10.1 Å². The van der Waals surface area contributed by atoms with Crippen LogP contribution in [0.5, 0.6) is 0 Å². The van der Waals surface area contributed by atoms with Crippen LogP contribution in [-0.2, 0) is 0 Å². The van der Waals surface area contributed by atoms with E-state index in [9.17, 15) is 4.79 Å². The maximum atomic E-state index is 13.2. The SMILES string of the molecule is Cc1cccc(-c2nc3s/c(=C\c4cn(-c5ccccc5)nc4-c4ccc(Cl)cc4)c(=O)n3n2)c1. The van der Waals surface area contributed by atoms with Crippen LogP contribution in [0.15, 0.2) is 89.9 Å². The van der Waals surface area contributed by atoms with Crippen molar-refractivity contribution in [3.8, 4) is 28.3 Å². The molecule has 0 N–H and O–H groups in total. The summed E-state index contributed by atoms with van der Waals surface area (Å²) in [4.78, 5) is 18.4. The number of nitrogens with zero attached hydrogens (tertiary/aromatic N) is 5. The monoisotopic (exact) mass is 495 g/mol. The van der Waals surface area contributed by atoms with Gasteiger partial charge in [0, 0.05) is 27.9 Å². The second kappa shape index (κ2) is 8.61. The van der Waals surface area contributed by atoms with Crippen LogP contribution in [0, 0.1) is 6.92 Å². The van der Waals surface area contributed by atoms with E-state index in [1.54, 1.807) is 0 Å². The summed E-state index contributed by atoms with van der Waals surface area (Å²) in [6.07, 6.45) is 3.78. The summed E-state index contributed by atoms with van der Waals surface area (Å²) in [7, 11) is 0.